The van der Waals surface area contributed by atoms with Gasteiger partial charge in [0, 0.05) is 32.0 Å². The van der Waals surface area contributed by atoms with Crippen molar-refractivity contribution in [3.05, 3.63) is 12.2 Å². The van der Waals surface area contributed by atoms with E-state index < -0.39 is 0 Å². The Morgan fingerprint density at radius 1 is 0.759 bits per heavy atom. The highest BCUT2D eigenvalue weighted by Crippen LogP contribution is 2.71. The molecule has 0 aromatic carbocycles. The number of likely N-dealkylation sites (tertiary alicyclic amines) is 1. The van der Waals surface area contributed by atoms with Gasteiger partial charge in [-0.1, -0.05) is 98.1 Å². The minimum absolute atomic E-state index is 0.0214. The fraction of sp³-hybridized carbons (Fsp3) is 0.917. The topological polar surface area (TPSA) is 89.9 Å². The summed E-state index contributed by atoms with van der Waals surface area (Å²) in [6, 6.07) is 0.182. The van der Waals surface area contributed by atoms with Crippen molar-refractivity contribution in [2.45, 2.75) is 220 Å². The van der Waals surface area contributed by atoms with E-state index in [0.717, 1.165) is 70.9 Å². The highest BCUT2D eigenvalue weighted by Gasteiger charge is 2.65. The Labute approximate surface area is 331 Å². The van der Waals surface area contributed by atoms with Crippen molar-refractivity contribution in [3.8, 4) is 0 Å². The molecular weight excluding hydrogens is 669 g/mol. The molecule has 5 aliphatic rings. The molecule has 5 fully saturated rings. The smallest absolute Gasteiger partial charge is 0.222 e. The molecule has 4 saturated carbocycles. The minimum atomic E-state index is -0.267. The zero-order valence-electron chi connectivity index (χ0n) is 35.7. The van der Waals surface area contributed by atoms with Crippen molar-refractivity contribution in [1.29, 1.82) is 0 Å². The summed E-state index contributed by atoms with van der Waals surface area (Å²) in [5.74, 6) is 3.05. The normalized spacial score (nSPS) is 36.1. The lowest BCUT2D eigenvalue weighted by Gasteiger charge is -2.66. The Hall–Kier alpha value is -1.40. The number of aliphatic hydroxyl groups excluding tert-OH is 2. The summed E-state index contributed by atoms with van der Waals surface area (Å²) in [6.45, 7) is 13.6. The molecule has 0 aromatic rings. The van der Waals surface area contributed by atoms with Gasteiger partial charge in [0.25, 0.3) is 0 Å². The number of aliphatic hydroxyl groups is 2. The standard InChI is InChI=1S/C48H84N2O4/c1-6-7-8-9-10-11-12-13-14-15-16-17-18-19-20-21-44(54)50-32-28-37(29-33-50)49-43(53)25-22-36(2)39-23-24-40-45-41(27-30-47(39,40)4)48(5)31-26-38(51)34-46(48,3)35-42(45)52/h13-14,36-42,45,51-52H,6-12,15-35H2,1-5H3,(H,49,53)/b14-13-/t36-,38-,39?,40+,41+,42-,45+,46+,47-,48-/m1/s1. The number of carbonyl (C=O) groups excluding carboxylic acids is 2. The molecule has 1 aliphatic heterocycles. The molecule has 0 aromatic heterocycles. The van der Waals surface area contributed by atoms with Gasteiger partial charge in [-0.25, -0.2) is 0 Å². The zero-order valence-corrected chi connectivity index (χ0v) is 35.7. The molecule has 10 atom stereocenters. The molecule has 1 heterocycles. The second-order valence-electron chi connectivity index (χ2n) is 20.2. The van der Waals surface area contributed by atoms with E-state index in [1.807, 2.05) is 4.90 Å². The summed E-state index contributed by atoms with van der Waals surface area (Å²) in [6.07, 6.45) is 33.2. The molecule has 0 radical (unpaired) electrons. The predicted octanol–water partition coefficient (Wildman–Crippen LogP) is 10.9. The Kier molecular flexibility index (Phi) is 16.5. The maximum Gasteiger partial charge on any atom is 0.222 e. The maximum atomic E-state index is 13.2. The monoisotopic (exact) mass is 753 g/mol. The van der Waals surface area contributed by atoms with Crippen molar-refractivity contribution in [1.82, 2.24) is 10.2 Å². The number of allylic oxidation sites excluding steroid dienone is 2. The summed E-state index contributed by atoms with van der Waals surface area (Å²) in [4.78, 5) is 28.1. The van der Waals surface area contributed by atoms with Crippen LogP contribution in [-0.4, -0.2) is 58.3 Å². The molecule has 310 valence electrons. The first-order valence-electron chi connectivity index (χ1n) is 23.5. The van der Waals surface area contributed by atoms with E-state index in [4.69, 9.17) is 0 Å². The Balaban J connectivity index is 0.932. The van der Waals surface area contributed by atoms with E-state index in [0.29, 0.717) is 48.3 Å². The van der Waals surface area contributed by atoms with E-state index in [2.05, 4.69) is 52.1 Å². The van der Waals surface area contributed by atoms with Crippen LogP contribution >= 0.6 is 0 Å². The van der Waals surface area contributed by atoms with Crippen LogP contribution in [0.1, 0.15) is 202 Å². The number of fused-ring (bicyclic) bond motifs is 5. The molecule has 5 rings (SSSR count). The number of hydrogen-bond donors (Lipinski definition) is 3. The average molecular weight is 753 g/mol. The predicted molar refractivity (Wildman–Crippen MR) is 223 cm³/mol. The van der Waals surface area contributed by atoms with E-state index in [-0.39, 0.29) is 40.4 Å². The summed E-state index contributed by atoms with van der Waals surface area (Å²) in [5.41, 5.74) is 0.458. The molecule has 2 amide bonds. The first kappa shape index (κ1) is 43.7. The van der Waals surface area contributed by atoms with E-state index in [1.165, 1.54) is 96.3 Å². The van der Waals surface area contributed by atoms with Crippen LogP contribution in [0, 0.1) is 45.8 Å². The summed E-state index contributed by atoms with van der Waals surface area (Å²) in [5, 5.41) is 25.7. The lowest BCUT2D eigenvalue weighted by molar-refractivity contribution is -0.210. The van der Waals surface area contributed by atoms with Crippen LogP contribution in [0.15, 0.2) is 12.2 Å². The van der Waals surface area contributed by atoms with Gasteiger partial charge < -0.3 is 20.4 Å². The molecule has 54 heavy (non-hydrogen) atoms. The number of nitrogens with zero attached hydrogens (tertiary/aromatic N) is 1. The third-order valence-corrected chi connectivity index (χ3v) is 16.8. The quantitative estimate of drug-likeness (QED) is 0.0853. The number of rotatable bonds is 20. The van der Waals surface area contributed by atoms with Gasteiger partial charge in [-0.15, -0.1) is 0 Å². The summed E-state index contributed by atoms with van der Waals surface area (Å²) in [7, 11) is 0. The highest BCUT2D eigenvalue weighted by atomic mass is 16.3. The molecule has 0 bridgehead atoms. The molecular formula is C48H84N2O4. The van der Waals surface area contributed by atoms with Crippen LogP contribution in [0.4, 0.5) is 0 Å². The van der Waals surface area contributed by atoms with E-state index >= 15 is 0 Å². The third-order valence-electron chi connectivity index (χ3n) is 16.8. The maximum absolute atomic E-state index is 13.2. The lowest BCUT2D eigenvalue weighted by Crippen LogP contribution is -2.62. The van der Waals surface area contributed by atoms with Gasteiger partial charge in [0.1, 0.15) is 0 Å². The highest BCUT2D eigenvalue weighted by molar-refractivity contribution is 5.77. The van der Waals surface area contributed by atoms with Crippen LogP contribution in [0.2, 0.25) is 0 Å². The van der Waals surface area contributed by atoms with Crippen LogP contribution < -0.4 is 5.32 Å². The molecule has 4 aliphatic carbocycles. The number of unbranched alkanes of at least 4 members (excludes halogenated alkanes) is 11. The van der Waals surface area contributed by atoms with Gasteiger partial charge in [0.05, 0.1) is 12.2 Å². The van der Waals surface area contributed by atoms with Crippen LogP contribution in [0.25, 0.3) is 0 Å². The van der Waals surface area contributed by atoms with E-state index in [9.17, 15) is 19.8 Å². The van der Waals surface area contributed by atoms with Crippen LogP contribution in [0.5, 0.6) is 0 Å². The van der Waals surface area contributed by atoms with Crippen molar-refractivity contribution >= 4 is 11.8 Å². The SMILES string of the molecule is CCCCCCCC/C=C\CCCCCCCC(=O)N1CCC(NC(=O)CC[C@@H](C)C2CC[C@H]3[C@@H]4[C@H](O)C[C@]5(C)C[C@H](O)CC[C@]5(C)[C@H]4CC[C@]23C)CC1. The first-order chi connectivity index (χ1) is 25.9. The largest absolute Gasteiger partial charge is 0.393 e. The van der Waals surface area contributed by atoms with Crippen molar-refractivity contribution < 1.29 is 19.8 Å². The first-order valence-corrected chi connectivity index (χ1v) is 23.5. The molecule has 6 nitrogen and oxygen atoms in total. The summed E-state index contributed by atoms with van der Waals surface area (Å²) >= 11 is 0. The van der Waals surface area contributed by atoms with Crippen molar-refractivity contribution in [2.24, 2.45) is 45.8 Å². The fourth-order valence-corrected chi connectivity index (χ4v) is 13.3. The molecule has 3 N–H and O–H groups in total. The zero-order chi connectivity index (χ0) is 38.8. The average Bonchev–Trinajstić information content (AvgIpc) is 3.50. The van der Waals surface area contributed by atoms with Gasteiger partial charge in [0.15, 0.2) is 0 Å². The van der Waals surface area contributed by atoms with Crippen LogP contribution in [0.3, 0.4) is 0 Å². The fourth-order valence-electron chi connectivity index (χ4n) is 13.3. The number of nitrogens with one attached hydrogen (secondary N) is 1. The minimum Gasteiger partial charge on any atom is -0.393 e. The van der Waals surface area contributed by atoms with Crippen LogP contribution in [-0.2, 0) is 9.59 Å². The second-order valence-corrected chi connectivity index (χ2v) is 20.2. The Bertz CT molecular complexity index is 1200. The lowest BCUT2D eigenvalue weighted by atomic mass is 9.39. The number of hydrogen-bond acceptors (Lipinski definition) is 4. The Morgan fingerprint density at radius 2 is 1.41 bits per heavy atom. The number of carbonyl (C=O) groups is 2. The molecule has 1 unspecified atom stereocenters. The second kappa shape index (κ2) is 20.3. The van der Waals surface area contributed by atoms with Gasteiger partial charge >= 0.3 is 0 Å². The molecule has 0 spiro atoms. The molecule has 1 saturated heterocycles. The van der Waals surface area contributed by atoms with Gasteiger partial charge in [0.2, 0.25) is 11.8 Å². The number of amides is 2. The van der Waals surface area contributed by atoms with Gasteiger partial charge in [-0.3, -0.25) is 9.59 Å². The van der Waals surface area contributed by atoms with Gasteiger partial charge in [-0.2, -0.15) is 0 Å². The molecule has 6 heteroatoms. The summed E-state index contributed by atoms with van der Waals surface area (Å²) < 4.78 is 0. The number of piperidine rings is 1. The van der Waals surface area contributed by atoms with Crippen molar-refractivity contribution in [3.63, 3.8) is 0 Å². The van der Waals surface area contributed by atoms with E-state index in [1.54, 1.807) is 0 Å². The third kappa shape index (κ3) is 10.6. The Morgan fingerprint density at radius 3 is 2.09 bits per heavy atom. The van der Waals surface area contributed by atoms with Crippen molar-refractivity contribution in [2.75, 3.05) is 13.1 Å². The van der Waals surface area contributed by atoms with Gasteiger partial charge in [-0.05, 0) is 149 Å².